The molecular weight excluding hydrogens is 307 g/mol. The monoisotopic (exact) mass is 318 g/mol. The van der Waals surface area contributed by atoms with Gasteiger partial charge < -0.3 is 10.3 Å². The fourth-order valence-corrected chi connectivity index (χ4v) is 2.60. The summed E-state index contributed by atoms with van der Waals surface area (Å²) in [5.74, 6) is -0.245. The van der Waals surface area contributed by atoms with Crippen LogP contribution < -0.4 is 5.73 Å². The first kappa shape index (κ1) is 12.2. The SMILES string of the molecule is Nc1ccc2ccn(Cc3ccc(F)c(Br)c3)c2c1. The molecule has 2 N–H and O–H groups in total. The van der Waals surface area contributed by atoms with Gasteiger partial charge >= 0.3 is 0 Å². The summed E-state index contributed by atoms with van der Waals surface area (Å²) in [7, 11) is 0. The quantitative estimate of drug-likeness (QED) is 0.706. The van der Waals surface area contributed by atoms with Crippen molar-refractivity contribution in [2.75, 3.05) is 5.73 Å². The Labute approximate surface area is 118 Å². The molecule has 1 heterocycles. The Morgan fingerprint density at radius 2 is 1.95 bits per heavy atom. The largest absolute Gasteiger partial charge is 0.399 e. The van der Waals surface area contributed by atoms with Gasteiger partial charge in [-0.1, -0.05) is 12.1 Å². The van der Waals surface area contributed by atoms with Crippen LogP contribution in [0.3, 0.4) is 0 Å². The zero-order valence-corrected chi connectivity index (χ0v) is 11.7. The van der Waals surface area contributed by atoms with E-state index in [4.69, 9.17) is 5.73 Å². The highest BCUT2D eigenvalue weighted by molar-refractivity contribution is 9.10. The average molecular weight is 319 g/mol. The molecule has 0 saturated carbocycles. The van der Waals surface area contributed by atoms with E-state index in [9.17, 15) is 4.39 Å². The summed E-state index contributed by atoms with van der Waals surface area (Å²) in [4.78, 5) is 0. The molecule has 19 heavy (non-hydrogen) atoms. The third-order valence-electron chi connectivity index (χ3n) is 3.13. The number of benzene rings is 2. The lowest BCUT2D eigenvalue weighted by molar-refractivity contribution is 0.619. The molecule has 0 fully saturated rings. The van der Waals surface area contributed by atoms with Crippen molar-refractivity contribution in [3.05, 3.63) is 64.5 Å². The molecule has 0 aliphatic carbocycles. The fourth-order valence-electron chi connectivity index (χ4n) is 2.17. The molecule has 0 radical (unpaired) electrons. The third kappa shape index (κ3) is 2.36. The molecule has 0 aliphatic rings. The van der Waals surface area contributed by atoms with E-state index < -0.39 is 0 Å². The van der Waals surface area contributed by atoms with Gasteiger partial charge in [0.1, 0.15) is 5.82 Å². The smallest absolute Gasteiger partial charge is 0.137 e. The van der Waals surface area contributed by atoms with Gasteiger partial charge in [-0.15, -0.1) is 0 Å². The van der Waals surface area contributed by atoms with E-state index in [1.165, 1.54) is 6.07 Å². The third-order valence-corrected chi connectivity index (χ3v) is 3.74. The molecule has 0 aliphatic heterocycles. The highest BCUT2D eigenvalue weighted by Crippen LogP contribution is 2.22. The van der Waals surface area contributed by atoms with Crippen LogP contribution in [0.2, 0.25) is 0 Å². The molecule has 1 aromatic heterocycles. The lowest BCUT2D eigenvalue weighted by Gasteiger charge is -2.07. The zero-order chi connectivity index (χ0) is 13.4. The van der Waals surface area contributed by atoms with Gasteiger partial charge in [-0.3, -0.25) is 0 Å². The lowest BCUT2D eigenvalue weighted by Crippen LogP contribution is -1.98. The second-order valence-electron chi connectivity index (χ2n) is 4.51. The van der Waals surface area contributed by atoms with E-state index in [1.807, 2.05) is 30.5 Å². The van der Waals surface area contributed by atoms with Crippen LogP contribution in [0.4, 0.5) is 10.1 Å². The maximum atomic E-state index is 13.2. The van der Waals surface area contributed by atoms with Crippen molar-refractivity contribution in [3.8, 4) is 0 Å². The molecule has 3 aromatic rings. The molecule has 0 spiro atoms. The summed E-state index contributed by atoms with van der Waals surface area (Å²) in [6, 6.07) is 13.0. The van der Waals surface area contributed by atoms with Crippen LogP contribution in [0.1, 0.15) is 5.56 Å². The summed E-state index contributed by atoms with van der Waals surface area (Å²) in [6.45, 7) is 0.686. The Kier molecular flexibility index (Phi) is 3.03. The Balaban J connectivity index is 2.00. The molecule has 0 unspecified atom stereocenters. The van der Waals surface area contributed by atoms with Gasteiger partial charge in [0, 0.05) is 18.4 Å². The first-order valence-corrected chi connectivity index (χ1v) is 6.71. The number of nitrogens with zero attached hydrogens (tertiary/aromatic N) is 1. The molecule has 96 valence electrons. The molecule has 3 rings (SSSR count). The minimum atomic E-state index is -0.245. The molecule has 0 amide bonds. The van der Waals surface area contributed by atoms with E-state index in [0.29, 0.717) is 11.0 Å². The van der Waals surface area contributed by atoms with Crippen LogP contribution in [0.15, 0.2) is 53.1 Å². The number of nitrogen functional groups attached to an aromatic ring is 1. The first-order chi connectivity index (χ1) is 9.13. The highest BCUT2D eigenvalue weighted by Gasteiger charge is 2.04. The van der Waals surface area contributed by atoms with E-state index in [0.717, 1.165) is 22.2 Å². The van der Waals surface area contributed by atoms with E-state index in [2.05, 4.69) is 20.5 Å². The Morgan fingerprint density at radius 1 is 1.11 bits per heavy atom. The van der Waals surface area contributed by atoms with Crippen LogP contribution in [0, 0.1) is 5.82 Å². The number of anilines is 1. The van der Waals surface area contributed by atoms with E-state index in [-0.39, 0.29) is 5.82 Å². The van der Waals surface area contributed by atoms with Crippen LogP contribution in [0.5, 0.6) is 0 Å². The Bertz CT molecular complexity index is 749. The second kappa shape index (κ2) is 4.70. The van der Waals surface area contributed by atoms with Gasteiger partial charge in [-0.25, -0.2) is 4.39 Å². The maximum absolute atomic E-state index is 13.2. The predicted molar refractivity (Wildman–Crippen MR) is 79.6 cm³/mol. The van der Waals surface area contributed by atoms with Gasteiger partial charge in [0.05, 0.1) is 9.99 Å². The summed E-state index contributed by atoms with van der Waals surface area (Å²) in [6.07, 6.45) is 2.02. The van der Waals surface area contributed by atoms with Crippen molar-refractivity contribution >= 4 is 32.5 Å². The minimum absolute atomic E-state index is 0.245. The van der Waals surface area contributed by atoms with E-state index >= 15 is 0 Å². The number of hydrogen-bond acceptors (Lipinski definition) is 1. The number of rotatable bonds is 2. The summed E-state index contributed by atoms with van der Waals surface area (Å²) in [5, 5.41) is 1.15. The van der Waals surface area contributed by atoms with Gasteiger partial charge in [-0.2, -0.15) is 0 Å². The summed E-state index contributed by atoms with van der Waals surface area (Å²) in [5.41, 5.74) is 8.68. The lowest BCUT2D eigenvalue weighted by atomic mass is 10.2. The zero-order valence-electron chi connectivity index (χ0n) is 10.1. The van der Waals surface area contributed by atoms with Crippen LogP contribution in [-0.2, 0) is 6.54 Å². The Hall–Kier alpha value is -1.81. The number of fused-ring (bicyclic) bond motifs is 1. The number of aromatic nitrogens is 1. The molecule has 2 aromatic carbocycles. The summed E-state index contributed by atoms with van der Waals surface area (Å²) >= 11 is 3.21. The minimum Gasteiger partial charge on any atom is -0.399 e. The van der Waals surface area contributed by atoms with Gasteiger partial charge in [0.15, 0.2) is 0 Å². The van der Waals surface area contributed by atoms with Crippen molar-refractivity contribution in [1.29, 1.82) is 0 Å². The molecule has 0 bridgehead atoms. The first-order valence-electron chi connectivity index (χ1n) is 5.92. The van der Waals surface area contributed by atoms with Gasteiger partial charge in [-0.05, 0) is 57.2 Å². The Morgan fingerprint density at radius 3 is 2.74 bits per heavy atom. The number of hydrogen-bond donors (Lipinski definition) is 1. The van der Waals surface area contributed by atoms with Gasteiger partial charge in [0.25, 0.3) is 0 Å². The molecular formula is C15H12BrFN2. The van der Waals surface area contributed by atoms with Crippen molar-refractivity contribution in [2.24, 2.45) is 0 Å². The van der Waals surface area contributed by atoms with Crippen molar-refractivity contribution < 1.29 is 4.39 Å². The molecule has 0 saturated heterocycles. The topological polar surface area (TPSA) is 30.9 Å². The van der Waals surface area contributed by atoms with Crippen molar-refractivity contribution in [1.82, 2.24) is 4.57 Å². The molecule has 4 heteroatoms. The average Bonchev–Trinajstić information content (AvgIpc) is 2.77. The molecule has 2 nitrogen and oxygen atoms in total. The van der Waals surface area contributed by atoms with Crippen molar-refractivity contribution in [3.63, 3.8) is 0 Å². The predicted octanol–water partition coefficient (Wildman–Crippen LogP) is 4.17. The van der Waals surface area contributed by atoms with Crippen LogP contribution in [0.25, 0.3) is 10.9 Å². The van der Waals surface area contributed by atoms with Crippen molar-refractivity contribution in [2.45, 2.75) is 6.54 Å². The number of halogens is 2. The normalized spacial score (nSPS) is 11.1. The fraction of sp³-hybridized carbons (Fsp3) is 0.0667. The maximum Gasteiger partial charge on any atom is 0.137 e. The highest BCUT2D eigenvalue weighted by atomic mass is 79.9. The van der Waals surface area contributed by atoms with Crippen LogP contribution >= 0.6 is 15.9 Å². The van der Waals surface area contributed by atoms with Crippen LogP contribution in [-0.4, -0.2) is 4.57 Å². The molecule has 0 atom stereocenters. The summed E-state index contributed by atoms with van der Waals surface area (Å²) < 4.78 is 15.8. The van der Waals surface area contributed by atoms with E-state index in [1.54, 1.807) is 12.1 Å². The number of nitrogens with two attached hydrogens (primary N) is 1. The standard InChI is InChI=1S/C15H12BrFN2/c16-13-7-10(1-4-14(13)17)9-19-6-5-11-2-3-12(18)8-15(11)19/h1-8H,9,18H2. The second-order valence-corrected chi connectivity index (χ2v) is 5.36. The van der Waals surface area contributed by atoms with Gasteiger partial charge in [0.2, 0.25) is 0 Å².